The van der Waals surface area contributed by atoms with Gasteiger partial charge in [-0.2, -0.15) is 13.2 Å². The molecule has 0 N–H and O–H groups in total. The van der Waals surface area contributed by atoms with Gasteiger partial charge in [-0.1, -0.05) is 0 Å². The first kappa shape index (κ1) is 15.3. The SMILES string of the molecule is COc1ccc2c(c1)C(C(F)(F)F)=NCc1cc(=O)n(C)cc1-2. The van der Waals surface area contributed by atoms with Crippen LogP contribution in [0.25, 0.3) is 11.1 Å². The van der Waals surface area contributed by atoms with Gasteiger partial charge in [0.1, 0.15) is 11.5 Å². The Balaban J connectivity index is 2.35. The van der Waals surface area contributed by atoms with E-state index in [1.165, 1.54) is 30.0 Å². The number of halogens is 3. The zero-order chi connectivity index (χ0) is 16.8. The lowest BCUT2D eigenvalue weighted by atomic mass is 9.95. The summed E-state index contributed by atoms with van der Waals surface area (Å²) in [6, 6.07) is 5.80. The van der Waals surface area contributed by atoms with E-state index in [4.69, 9.17) is 4.74 Å². The molecule has 0 saturated heterocycles. The van der Waals surface area contributed by atoms with Crippen molar-refractivity contribution in [1.82, 2.24) is 4.57 Å². The second-order valence-electron chi connectivity index (χ2n) is 5.24. The Kier molecular flexibility index (Phi) is 3.50. The minimum Gasteiger partial charge on any atom is -0.497 e. The molecule has 2 aromatic rings. The smallest absolute Gasteiger partial charge is 0.433 e. The van der Waals surface area contributed by atoms with E-state index in [-0.39, 0.29) is 17.7 Å². The summed E-state index contributed by atoms with van der Waals surface area (Å²) in [5, 5.41) is 0. The van der Waals surface area contributed by atoms with Crippen molar-refractivity contribution in [2.45, 2.75) is 12.7 Å². The van der Waals surface area contributed by atoms with Gasteiger partial charge in [0.05, 0.1) is 13.7 Å². The van der Waals surface area contributed by atoms with Gasteiger partial charge in [0.2, 0.25) is 0 Å². The Bertz CT molecular complexity index is 867. The van der Waals surface area contributed by atoms with Crippen LogP contribution in [-0.2, 0) is 13.6 Å². The Labute approximate surface area is 129 Å². The third-order valence-electron chi connectivity index (χ3n) is 3.76. The summed E-state index contributed by atoms with van der Waals surface area (Å²) in [7, 11) is 2.95. The summed E-state index contributed by atoms with van der Waals surface area (Å²) in [5.74, 6) is 0.314. The van der Waals surface area contributed by atoms with Crippen LogP contribution < -0.4 is 10.3 Å². The number of aryl methyl sites for hydroxylation is 1. The molecular weight excluding hydrogens is 309 g/mol. The average molecular weight is 322 g/mol. The van der Waals surface area contributed by atoms with E-state index in [0.29, 0.717) is 22.4 Å². The highest BCUT2D eigenvalue weighted by Gasteiger charge is 2.39. The molecule has 0 amide bonds. The largest absolute Gasteiger partial charge is 0.497 e. The minimum atomic E-state index is -4.59. The van der Waals surface area contributed by atoms with E-state index in [1.54, 1.807) is 19.2 Å². The zero-order valence-electron chi connectivity index (χ0n) is 12.4. The predicted molar refractivity (Wildman–Crippen MR) is 80.0 cm³/mol. The summed E-state index contributed by atoms with van der Waals surface area (Å²) in [6.45, 7) is -0.197. The second kappa shape index (κ2) is 5.26. The normalized spacial score (nSPS) is 13.7. The van der Waals surface area contributed by atoms with E-state index in [9.17, 15) is 18.0 Å². The maximum Gasteiger partial charge on any atom is 0.433 e. The maximum atomic E-state index is 13.4. The fourth-order valence-electron chi connectivity index (χ4n) is 2.61. The third kappa shape index (κ3) is 2.62. The number of aliphatic imine (C=N–C) groups is 1. The van der Waals surface area contributed by atoms with E-state index in [2.05, 4.69) is 4.99 Å². The molecule has 0 atom stereocenters. The fraction of sp³-hybridized carbons (Fsp3) is 0.250. The lowest BCUT2D eigenvalue weighted by molar-refractivity contribution is -0.0582. The summed E-state index contributed by atoms with van der Waals surface area (Å²) in [4.78, 5) is 15.5. The van der Waals surface area contributed by atoms with E-state index >= 15 is 0 Å². The minimum absolute atomic E-state index is 0.0470. The molecule has 0 aliphatic carbocycles. The third-order valence-corrected chi connectivity index (χ3v) is 3.76. The van der Waals surface area contributed by atoms with E-state index in [0.717, 1.165) is 0 Å². The van der Waals surface area contributed by atoms with Gasteiger partial charge in [0.15, 0.2) is 0 Å². The van der Waals surface area contributed by atoms with Crippen LogP contribution in [0.4, 0.5) is 13.2 Å². The zero-order valence-corrected chi connectivity index (χ0v) is 12.4. The van der Waals surface area contributed by atoms with Gasteiger partial charge in [-0.3, -0.25) is 9.79 Å². The first-order chi connectivity index (χ1) is 10.8. The number of pyridine rings is 1. The molecule has 0 spiro atoms. The second-order valence-corrected chi connectivity index (χ2v) is 5.24. The van der Waals surface area contributed by atoms with Gasteiger partial charge >= 0.3 is 6.18 Å². The van der Waals surface area contributed by atoms with Crippen molar-refractivity contribution in [2.24, 2.45) is 12.0 Å². The molecule has 23 heavy (non-hydrogen) atoms. The molecule has 0 saturated carbocycles. The molecule has 0 bridgehead atoms. The van der Waals surface area contributed by atoms with Gasteiger partial charge in [-0.05, 0) is 29.3 Å². The Morgan fingerprint density at radius 2 is 1.91 bits per heavy atom. The van der Waals surface area contributed by atoms with Crippen molar-refractivity contribution in [2.75, 3.05) is 7.11 Å². The summed E-state index contributed by atoms with van der Waals surface area (Å²) in [6.07, 6.45) is -3.05. The van der Waals surface area contributed by atoms with Crippen molar-refractivity contribution >= 4 is 5.71 Å². The lowest BCUT2D eigenvalue weighted by Crippen LogP contribution is -2.24. The molecule has 2 heterocycles. The number of aromatic nitrogens is 1. The van der Waals surface area contributed by atoms with Crippen LogP contribution in [0.15, 0.2) is 40.2 Å². The Morgan fingerprint density at radius 1 is 1.17 bits per heavy atom. The molecule has 7 heteroatoms. The highest BCUT2D eigenvalue weighted by Crippen LogP contribution is 2.36. The number of hydrogen-bond acceptors (Lipinski definition) is 3. The Hall–Kier alpha value is -2.57. The van der Waals surface area contributed by atoms with Gasteiger partial charge in [0.25, 0.3) is 5.56 Å². The molecule has 120 valence electrons. The molecule has 0 radical (unpaired) electrons. The predicted octanol–water partition coefficient (Wildman–Crippen LogP) is 2.93. The lowest BCUT2D eigenvalue weighted by Gasteiger charge is -2.15. The fourth-order valence-corrected chi connectivity index (χ4v) is 2.61. The number of alkyl halides is 3. The standard InChI is InChI=1S/C16H13F3N2O2/c1-21-8-13-9(5-14(21)22)7-20-15(16(17,18)19)12-6-10(23-2)3-4-11(12)13/h3-6,8H,7H2,1-2H3. The molecule has 1 aromatic heterocycles. The first-order valence-corrected chi connectivity index (χ1v) is 6.81. The molecule has 4 nitrogen and oxygen atoms in total. The molecular formula is C16H13F3N2O2. The molecule has 0 unspecified atom stereocenters. The highest BCUT2D eigenvalue weighted by molar-refractivity contribution is 6.10. The van der Waals surface area contributed by atoms with Gasteiger partial charge in [-0.15, -0.1) is 0 Å². The van der Waals surface area contributed by atoms with Crippen molar-refractivity contribution < 1.29 is 17.9 Å². The highest BCUT2D eigenvalue weighted by atomic mass is 19.4. The number of rotatable bonds is 1. The Morgan fingerprint density at radius 3 is 2.57 bits per heavy atom. The molecule has 1 aromatic carbocycles. The molecule has 3 rings (SSSR count). The molecule has 1 aliphatic heterocycles. The molecule has 1 aliphatic rings. The van der Waals surface area contributed by atoms with Crippen LogP contribution in [0.3, 0.4) is 0 Å². The van der Waals surface area contributed by atoms with Crippen molar-refractivity contribution in [3.05, 3.63) is 51.9 Å². The quantitative estimate of drug-likeness (QED) is 0.810. The summed E-state index contributed by atoms with van der Waals surface area (Å²) in [5.41, 5.74) is 0.118. The average Bonchev–Trinajstić information content (AvgIpc) is 2.64. The van der Waals surface area contributed by atoms with E-state index in [1.807, 2.05) is 0 Å². The van der Waals surface area contributed by atoms with Crippen LogP contribution in [0.5, 0.6) is 5.75 Å². The van der Waals surface area contributed by atoms with Crippen LogP contribution in [-0.4, -0.2) is 23.6 Å². The maximum absolute atomic E-state index is 13.4. The summed E-state index contributed by atoms with van der Waals surface area (Å²) < 4.78 is 46.5. The van der Waals surface area contributed by atoms with Gasteiger partial charge in [-0.25, -0.2) is 0 Å². The van der Waals surface area contributed by atoms with Crippen molar-refractivity contribution in [3.63, 3.8) is 0 Å². The number of fused-ring (bicyclic) bond motifs is 3. The first-order valence-electron chi connectivity index (χ1n) is 6.81. The topological polar surface area (TPSA) is 43.6 Å². The number of hydrogen-bond donors (Lipinski definition) is 0. The van der Waals surface area contributed by atoms with Crippen LogP contribution in [0.1, 0.15) is 11.1 Å². The van der Waals surface area contributed by atoms with E-state index < -0.39 is 11.9 Å². The number of methoxy groups -OCH3 is 1. The summed E-state index contributed by atoms with van der Waals surface area (Å²) >= 11 is 0. The van der Waals surface area contributed by atoms with Gasteiger partial charge < -0.3 is 9.30 Å². The van der Waals surface area contributed by atoms with Crippen LogP contribution in [0, 0.1) is 0 Å². The monoisotopic (exact) mass is 322 g/mol. The number of benzene rings is 1. The van der Waals surface area contributed by atoms with Crippen molar-refractivity contribution in [3.8, 4) is 16.9 Å². The van der Waals surface area contributed by atoms with Gasteiger partial charge in [0, 0.05) is 30.4 Å². The number of ether oxygens (including phenoxy) is 1. The van der Waals surface area contributed by atoms with Crippen LogP contribution >= 0.6 is 0 Å². The molecule has 0 fully saturated rings. The van der Waals surface area contributed by atoms with Crippen LogP contribution in [0.2, 0.25) is 0 Å². The van der Waals surface area contributed by atoms with Crippen molar-refractivity contribution in [1.29, 1.82) is 0 Å². The number of nitrogens with zero attached hydrogens (tertiary/aromatic N) is 2.